The molecule has 4 nitrogen and oxygen atoms in total. The Labute approximate surface area is 165 Å². The lowest BCUT2D eigenvalue weighted by molar-refractivity contribution is -0.136. The van der Waals surface area contributed by atoms with E-state index in [-0.39, 0.29) is 6.42 Å². The number of carboxylic acids is 1. The molecule has 0 aliphatic carbocycles. The van der Waals surface area contributed by atoms with Gasteiger partial charge < -0.3 is 15.2 Å². The molecule has 2 aromatic carbocycles. The molecule has 0 radical (unpaired) electrons. The minimum Gasteiger partial charge on any atom is -0.494 e. The largest absolute Gasteiger partial charge is 0.494 e. The van der Waals surface area contributed by atoms with Crippen molar-refractivity contribution in [3.05, 3.63) is 70.8 Å². The summed E-state index contributed by atoms with van der Waals surface area (Å²) >= 11 is 6.30. The van der Waals surface area contributed by atoms with Crippen LogP contribution < -0.4 is 10.1 Å². The molecule has 0 amide bonds. The van der Waals surface area contributed by atoms with E-state index in [1.54, 1.807) is 0 Å². The number of carbonyl (C=O) groups is 1. The number of carboxylic acid groups (broad SMARTS) is 1. The van der Waals surface area contributed by atoms with Gasteiger partial charge in [0.15, 0.2) is 0 Å². The van der Waals surface area contributed by atoms with Gasteiger partial charge in [-0.05, 0) is 48.6 Å². The molecule has 0 bridgehead atoms. The Balaban J connectivity index is 1.66. The second-order valence-electron chi connectivity index (χ2n) is 6.22. The smallest absolute Gasteiger partial charge is 0.304 e. The Hall–Kier alpha value is -2.30. The number of aryl methyl sites for hydroxylation is 1. The Morgan fingerprint density at radius 2 is 1.96 bits per heavy atom. The summed E-state index contributed by atoms with van der Waals surface area (Å²) in [7, 11) is 0. The monoisotopic (exact) mass is 387 g/mol. The molecule has 2 aromatic rings. The molecule has 0 unspecified atom stereocenters. The first kappa shape index (κ1) is 21.0. The van der Waals surface area contributed by atoms with Gasteiger partial charge in [0.05, 0.1) is 18.1 Å². The van der Waals surface area contributed by atoms with E-state index >= 15 is 0 Å². The number of aliphatic carboxylic acids is 1. The third-order valence-electron chi connectivity index (χ3n) is 4.02. The fourth-order valence-corrected chi connectivity index (χ4v) is 2.80. The molecular weight excluding hydrogens is 362 g/mol. The highest BCUT2D eigenvalue weighted by molar-refractivity contribution is 6.32. The van der Waals surface area contributed by atoms with Crippen LogP contribution in [0.3, 0.4) is 0 Å². The fraction of sp³-hybridized carbons (Fsp3) is 0.318. The SMILES string of the molecule is O=C(O)CCNC/C=C/c1ccc(OCCCCc2ccccc2)cc1Cl. The maximum atomic E-state index is 10.4. The lowest BCUT2D eigenvalue weighted by atomic mass is 10.1. The minimum absolute atomic E-state index is 0.117. The fourth-order valence-electron chi connectivity index (χ4n) is 2.57. The lowest BCUT2D eigenvalue weighted by Crippen LogP contribution is -2.17. The van der Waals surface area contributed by atoms with Crippen molar-refractivity contribution in [1.29, 1.82) is 0 Å². The quantitative estimate of drug-likeness (QED) is 0.512. The summed E-state index contributed by atoms with van der Waals surface area (Å²) in [6.07, 6.45) is 7.11. The Morgan fingerprint density at radius 1 is 1.15 bits per heavy atom. The molecule has 5 heteroatoms. The maximum Gasteiger partial charge on any atom is 0.304 e. The summed E-state index contributed by atoms with van der Waals surface area (Å²) in [6, 6.07) is 16.1. The van der Waals surface area contributed by atoms with E-state index in [1.165, 1.54) is 5.56 Å². The van der Waals surface area contributed by atoms with Crippen LogP contribution in [-0.2, 0) is 11.2 Å². The zero-order valence-electron chi connectivity index (χ0n) is 15.4. The lowest BCUT2D eigenvalue weighted by Gasteiger charge is -2.08. The molecule has 0 fully saturated rings. The molecule has 0 aliphatic heterocycles. The van der Waals surface area contributed by atoms with E-state index in [0.29, 0.717) is 24.7 Å². The second kappa shape index (κ2) is 12.2. The van der Waals surface area contributed by atoms with Crippen LogP contribution in [0.1, 0.15) is 30.4 Å². The molecular formula is C22H26ClNO3. The van der Waals surface area contributed by atoms with Crippen LogP contribution in [0.2, 0.25) is 5.02 Å². The van der Waals surface area contributed by atoms with Crippen LogP contribution >= 0.6 is 11.6 Å². The van der Waals surface area contributed by atoms with Crippen molar-refractivity contribution < 1.29 is 14.6 Å². The van der Waals surface area contributed by atoms with Crippen molar-refractivity contribution in [2.75, 3.05) is 19.7 Å². The summed E-state index contributed by atoms with van der Waals surface area (Å²) in [5.74, 6) is -0.0263. The van der Waals surface area contributed by atoms with Crippen LogP contribution in [0.5, 0.6) is 5.75 Å². The number of nitrogens with one attached hydrogen (secondary N) is 1. The zero-order chi connectivity index (χ0) is 19.3. The van der Waals surface area contributed by atoms with E-state index in [9.17, 15) is 4.79 Å². The van der Waals surface area contributed by atoms with E-state index in [1.807, 2.05) is 36.4 Å². The molecule has 2 N–H and O–H groups in total. The number of ether oxygens (including phenoxy) is 1. The predicted octanol–water partition coefficient (Wildman–Crippen LogP) is 4.82. The number of unbranched alkanes of at least 4 members (excludes halogenated alkanes) is 1. The van der Waals surface area contributed by atoms with E-state index in [0.717, 1.165) is 30.6 Å². The number of benzene rings is 2. The van der Waals surface area contributed by atoms with Crippen LogP contribution in [0.15, 0.2) is 54.6 Å². The predicted molar refractivity (Wildman–Crippen MR) is 110 cm³/mol. The van der Waals surface area contributed by atoms with Crippen molar-refractivity contribution in [3.8, 4) is 5.75 Å². The standard InChI is InChI=1S/C22H26ClNO3/c23-21-17-20(27-16-5-4-9-18-7-2-1-3-8-18)12-11-19(21)10-6-14-24-15-13-22(25)26/h1-3,6-8,10-12,17,24H,4-5,9,13-16H2,(H,25,26)/b10-6+. The van der Waals surface area contributed by atoms with Gasteiger partial charge in [-0.25, -0.2) is 0 Å². The summed E-state index contributed by atoms with van der Waals surface area (Å²) in [4.78, 5) is 10.4. The van der Waals surface area contributed by atoms with Gasteiger partial charge in [-0.1, -0.05) is 54.1 Å². The van der Waals surface area contributed by atoms with Crippen LogP contribution in [0.25, 0.3) is 6.08 Å². The van der Waals surface area contributed by atoms with Gasteiger partial charge >= 0.3 is 5.97 Å². The van der Waals surface area contributed by atoms with Crippen molar-refractivity contribution in [2.45, 2.75) is 25.7 Å². The zero-order valence-corrected chi connectivity index (χ0v) is 16.1. The molecule has 0 saturated carbocycles. The van der Waals surface area contributed by atoms with Crippen molar-refractivity contribution >= 4 is 23.6 Å². The molecule has 0 spiro atoms. The molecule has 27 heavy (non-hydrogen) atoms. The highest BCUT2D eigenvalue weighted by Gasteiger charge is 2.01. The topological polar surface area (TPSA) is 58.6 Å². The van der Waals surface area contributed by atoms with Crippen molar-refractivity contribution in [3.63, 3.8) is 0 Å². The van der Waals surface area contributed by atoms with E-state index < -0.39 is 5.97 Å². The van der Waals surface area contributed by atoms with Gasteiger partial charge in [0, 0.05) is 13.1 Å². The molecule has 2 rings (SSSR count). The van der Waals surface area contributed by atoms with Crippen molar-refractivity contribution in [1.82, 2.24) is 5.32 Å². The van der Waals surface area contributed by atoms with Crippen LogP contribution in [0.4, 0.5) is 0 Å². The van der Waals surface area contributed by atoms with Gasteiger partial charge in [0.2, 0.25) is 0 Å². The first-order valence-electron chi connectivity index (χ1n) is 9.20. The summed E-state index contributed by atoms with van der Waals surface area (Å²) in [6.45, 7) is 1.72. The van der Waals surface area contributed by atoms with Gasteiger partial charge in [0.25, 0.3) is 0 Å². The second-order valence-corrected chi connectivity index (χ2v) is 6.63. The summed E-state index contributed by atoms with van der Waals surface area (Å²) in [5, 5.41) is 12.2. The van der Waals surface area contributed by atoms with Gasteiger partial charge in [-0.3, -0.25) is 4.79 Å². The number of hydrogen-bond acceptors (Lipinski definition) is 3. The Morgan fingerprint density at radius 3 is 2.70 bits per heavy atom. The van der Waals surface area contributed by atoms with Gasteiger partial charge in [0.1, 0.15) is 5.75 Å². The molecule has 0 atom stereocenters. The van der Waals surface area contributed by atoms with Crippen molar-refractivity contribution in [2.24, 2.45) is 0 Å². The van der Waals surface area contributed by atoms with Gasteiger partial charge in [-0.2, -0.15) is 0 Å². The third kappa shape index (κ3) is 8.76. The number of rotatable bonds is 12. The van der Waals surface area contributed by atoms with E-state index in [2.05, 4.69) is 29.6 Å². The van der Waals surface area contributed by atoms with E-state index in [4.69, 9.17) is 21.4 Å². The molecule has 0 heterocycles. The van der Waals surface area contributed by atoms with Gasteiger partial charge in [-0.15, -0.1) is 0 Å². The molecule has 0 saturated heterocycles. The average molecular weight is 388 g/mol. The van der Waals surface area contributed by atoms with Crippen LogP contribution in [0, 0.1) is 0 Å². The maximum absolute atomic E-state index is 10.4. The molecule has 0 aliphatic rings. The first-order chi connectivity index (χ1) is 13.1. The molecule has 144 valence electrons. The average Bonchev–Trinajstić information content (AvgIpc) is 2.66. The summed E-state index contributed by atoms with van der Waals surface area (Å²) < 4.78 is 5.78. The molecule has 0 aromatic heterocycles. The first-order valence-corrected chi connectivity index (χ1v) is 9.58. The Kier molecular flexibility index (Phi) is 9.45. The normalized spacial score (nSPS) is 11.0. The number of halogens is 1. The summed E-state index contributed by atoms with van der Waals surface area (Å²) in [5.41, 5.74) is 2.27. The minimum atomic E-state index is -0.801. The number of hydrogen-bond donors (Lipinski definition) is 2. The van der Waals surface area contributed by atoms with Crippen LogP contribution in [-0.4, -0.2) is 30.8 Å². The Bertz CT molecular complexity index is 732. The highest BCUT2D eigenvalue weighted by Crippen LogP contribution is 2.23. The third-order valence-corrected chi connectivity index (χ3v) is 4.35. The highest BCUT2D eigenvalue weighted by atomic mass is 35.5.